The Morgan fingerprint density at radius 3 is 2.69 bits per heavy atom. The van der Waals surface area contributed by atoms with E-state index in [1.807, 2.05) is 0 Å². The molecule has 0 fully saturated rings. The quantitative estimate of drug-likeness (QED) is 0.314. The number of halogens is 3. The molecule has 2 amide bonds. The molecule has 3 heterocycles. The van der Waals surface area contributed by atoms with Gasteiger partial charge in [-0.3, -0.25) is 14.6 Å². The van der Waals surface area contributed by atoms with Crippen LogP contribution >= 0.6 is 23.2 Å². The van der Waals surface area contributed by atoms with Crippen molar-refractivity contribution in [3.63, 3.8) is 0 Å². The molecule has 200 valence electrons. The highest BCUT2D eigenvalue weighted by Gasteiger charge is 2.45. The summed E-state index contributed by atoms with van der Waals surface area (Å²) in [5.41, 5.74) is 4.86. The number of primary amides is 1. The fourth-order valence-corrected chi connectivity index (χ4v) is 4.88. The monoisotopic (exact) mass is 568 g/mol. The summed E-state index contributed by atoms with van der Waals surface area (Å²) < 4.78 is 19.7. The predicted molar refractivity (Wildman–Crippen MR) is 145 cm³/mol. The van der Waals surface area contributed by atoms with E-state index in [1.165, 1.54) is 37.3 Å². The first-order valence-corrected chi connectivity index (χ1v) is 12.7. The minimum absolute atomic E-state index is 0.0405. The van der Waals surface area contributed by atoms with Crippen LogP contribution in [0.1, 0.15) is 35.5 Å². The van der Waals surface area contributed by atoms with Crippen molar-refractivity contribution in [2.45, 2.75) is 24.9 Å². The number of ether oxygens (including phenoxy) is 1. The van der Waals surface area contributed by atoms with E-state index in [9.17, 15) is 19.1 Å². The van der Waals surface area contributed by atoms with Gasteiger partial charge in [0.15, 0.2) is 0 Å². The highest BCUT2D eigenvalue weighted by Crippen LogP contribution is 2.45. The van der Waals surface area contributed by atoms with Gasteiger partial charge >= 0.3 is 0 Å². The van der Waals surface area contributed by atoms with E-state index in [-0.39, 0.29) is 40.9 Å². The van der Waals surface area contributed by atoms with Gasteiger partial charge in [0.05, 0.1) is 27.8 Å². The first-order valence-electron chi connectivity index (χ1n) is 11.9. The third kappa shape index (κ3) is 4.78. The fraction of sp³-hybridized carbons (Fsp3) is 0.214. The van der Waals surface area contributed by atoms with Gasteiger partial charge in [-0.05, 0) is 56.3 Å². The number of hydrogen-bond acceptors (Lipinski definition) is 6. The van der Waals surface area contributed by atoms with Gasteiger partial charge in [-0.15, -0.1) is 0 Å². The number of aliphatic hydroxyl groups is 1. The minimum atomic E-state index is -1.70. The van der Waals surface area contributed by atoms with Crippen LogP contribution < -0.4 is 15.8 Å². The second-order valence-electron chi connectivity index (χ2n) is 9.84. The van der Waals surface area contributed by atoms with E-state index in [1.54, 1.807) is 31.3 Å². The van der Waals surface area contributed by atoms with E-state index >= 15 is 0 Å². The number of carbonyl (C=O) groups excluding carboxylic acids is 2. The highest BCUT2D eigenvalue weighted by molar-refractivity contribution is 6.35. The Morgan fingerprint density at radius 1 is 1.21 bits per heavy atom. The zero-order valence-electron chi connectivity index (χ0n) is 20.9. The number of benzene rings is 2. The first kappa shape index (κ1) is 26.8. The molecule has 39 heavy (non-hydrogen) atoms. The second-order valence-corrected chi connectivity index (χ2v) is 10.7. The number of fused-ring (bicyclic) bond motifs is 2. The summed E-state index contributed by atoms with van der Waals surface area (Å²) in [4.78, 5) is 34.2. The highest BCUT2D eigenvalue weighted by atomic mass is 35.5. The molecule has 0 spiro atoms. The van der Waals surface area contributed by atoms with Crippen LogP contribution in [-0.2, 0) is 15.8 Å². The van der Waals surface area contributed by atoms with E-state index in [4.69, 9.17) is 33.7 Å². The van der Waals surface area contributed by atoms with Gasteiger partial charge in [0.25, 0.3) is 5.91 Å². The minimum Gasteiger partial charge on any atom is -0.489 e. The molecule has 2 atom stereocenters. The Morgan fingerprint density at radius 2 is 1.97 bits per heavy atom. The molecule has 0 unspecified atom stereocenters. The Balaban J connectivity index is 1.51. The molecular formula is C28H23Cl2FN4O4. The van der Waals surface area contributed by atoms with Crippen LogP contribution in [0.4, 0.5) is 4.39 Å². The average Bonchev–Trinajstić information content (AvgIpc) is 3.26. The molecule has 1 aliphatic heterocycles. The summed E-state index contributed by atoms with van der Waals surface area (Å²) in [5, 5.41) is 15.1. The Labute approximate surface area is 232 Å². The van der Waals surface area contributed by atoms with Crippen LogP contribution in [0.3, 0.4) is 0 Å². The summed E-state index contributed by atoms with van der Waals surface area (Å²) in [6, 6.07) is 12.2. The van der Waals surface area contributed by atoms with Crippen molar-refractivity contribution in [1.29, 1.82) is 0 Å². The molecule has 11 heteroatoms. The number of nitrogens with zero attached hydrogens (tertiary/aromatic N) is 2. The van der Waals surface area contributed by atoms with Crippen molar-refractivity contribution in [1.82, 2.24) is 15.3 Å². The number of nitrogens with two attached hydrogens (primary N) is 1. The van der Waals surface area contributed by atoms with Crippen molar-refractivity contribution >= 4 is 45.9 Å². The van der Waals surface area contributed by atoms with Gasteiger partial charge in [0.2, 0.25) is 5.91 Å². The van der Waals surface area contributed by atoms with Gasteiger partial charge in [-0.25, -0.2) is 9.37 Å². The van der Waals surface area contributed by atoms with E-state index in [0.717, 1.165) is 0 Å². The Kier molecular flexibility index (Phi) is 6.70. The maximum atomic E-state index is 13.9. The molecule has 8 nitrogen and oxygen atoms in total. The molecule has 2 aromatic carbocycles. The maximum Gasteiger partial charge on any atom is 0.251 e. The molecule has 0 radical (unpaired) electrons. The molecule has 0 saturated carbocycles. The van der Waals surface area contributed by atoms with Crippen LogP contribution in [0.5, 0.6) is 5.75 Å². The number of amides is 2. The summed E-state index contributed by atoms with van der Waals surface area (Å²) in [6.45, 7) is 2.82. The largest absolute Gasteiger partial charge is 0.489 e. The summed E-state index contributed by atoms with van der Waals surface area (Å²) >= 11 is 12.3. The predicted octanol–water partition coefficient (Wildman–Crippen LogP) is 4.52. The number of hydrogen-bond donors (Lipinski definition) is 3. The summed E-state index contributed by atoms with van der Waals surface area (Å²) in [7, 11) is 0. The third-order valence-corrected chi connectivity index (χ3v) is 7.45. The molecule has 5 rings (SSSR count). The maximum absolute atomic E-state index is 13.9. The molecule has 4 aromatic rings. The first-order chi connectivity index (χ1) is 18.4. The number of pyridine rings is 2. The molecule has 0 aliphatic carbocycles. The molecule has 2 aromatic heterocycles. The molecule has 1 aliphatic rings. The number of aromatic nitrogens is 2. The zero-order chi connectivity index (χ0) is 28.1. The number of rotatable bonds is 6. The van der Waals surface area contributed by atoms with Gasteiger partial charge in [-0.1, -0.05) is 29.3 Å². The Hall–Kier alpha value is -3.79. The lowest BCUT2D eigenvalue weighted by molar-refractivity contribution is -0.123. The van der Waals surface area contributed by atoms with Gasteiger partial charge in [0, 0.05) is 28.3 Å². The van der Waals surface area contributed by atoms with Crippen LogP contribution in [0, 0.1) is 5.82 Å². The normalized spacial score (nSPS) is 17.8. The van der Waals surface area contributed by atoms with Crippen molar-refractivity contribution in [3.05, 3.63) is 87.4 Å². The lowest BCUT2D eigenvalue weighted by atomic mass is 9.82. The Bertz CT molecular complexity index is 1660. The average molecular weight is 569 g/mol. The second kappa shape index (κ2) is 9.75. The van der Waals surface area contributed by atoms with Crippen LogP contribution in [0.15, 0.2) is 54.7 Å². The topological polar surface area (TPSA) is 127 Å². The van der Waals surface area contributed by atoms with E-state index in [2.05, 4.69) is 15.3 Å². The summed E-state index contributed by atoms with van der Waals surface area (Å²) in [5.74, 6) is -1.44. The van der Waals surface area contributed by atoms with Gasteiger partial charge in [0.1, 0.15) is 34.9 Å². The molecular weight excluding hydrogens is 546 g/mol. The van der Waals surface area contributed by atoms with Crippen LogP contribution in [0.25, 0.3) is 22.2 Å². The van der Waals surface area contributed by atoms with Crippen molar-refractivity contribution in [2.75, 3.05) is 13.2 Å². The molecule has 0 saturated heterocycles. The lowest BCUT2D eigenvalue weighted by Crippen LogP contribution is -2.41. The van der Waals surface area contributed by atoms with Crippen LogP contribution in [0.2, 0.25) is 10.0 Å². The van der Waals surface area contributed by atoms with Gasteiger partial charge < -0.3 is 20.9 Å². The zero-order valence-corrected chi connectivity index (χ0v) is 22.4. The van der Waals surface area contributed by atoms with Crippen molar-refractivity contribution in [2.24, 2.45) is 5.73 Å². The van der Waals surface area contributed by atoms with Crippen LogP contribution in [-0.4, -0.2) is 40.0 Å². The molecule has 4 N–H and O–H groups in total. The third-order valence-electron chi connectivity index (χ3n) is 6.88. The smallest absolute Gasteiger partial charge is 0.251 e. The number of nitrogens with one attached hydrogen (secondary N) is 1. The standard InChI is InChI=1S/C28H23Cl2FN4O4/c1-27(26(32)37)13-39-24-17(27)11-21(35-23(24)15-5-6-20(31)18(29)9-15)28(2,38)12-34-25(36)16-8-14-4-3-7-33-22(14)19(30)10-16/h3-11,38H,12-13H2,1-2H3,(H2,32,37)(H,34,36)/t27-,28-/m0/s1. The fourth-order valence-electron chi connectivity index (χ4n) is 4.43. The number of carbonyl (C=O) groups is 2. The van der Waals surface area contributed by atoms with E-state index in [0.29, 0.717) is 27.1 Å². The van der Waals surface area contributed by atoms with E-state index < -0.39 is 28.6 Å². The SMILES string of the molecule is C[C@](O)(CNC(=O)c1cc(Cl)c2ncccc2c1)c1cc2c(c(-c3ccc(F)c(Cl)c3)n1)OC[C@]2(C)C(N)=O. The van der Waals surface area contributed by atoms with Crippen molar-refractivity contribution in [3.8, 4) is 17.0 Å². The van der Waals surface area contributed by atoms with Crippen molar-refractivity contribution < 1.29 is 23.8 Å². The lowest BCUT2D eigenvalue weighted by Gasteiger charge is -2.26. The molecule has 0 bridgehead atoms. The van der Waals surface area contributed by atoms with Gasteiger partial charge in [-0.2, -0.15) is 0 Å². The summed E-state index contributed by atoms with van der Waals surface area (Å²) in [6.07, 6.45) is 1.61.